The van der Waals surface area contributed by atoms with Crippen molar-refractivity contribution in [3.05, 3.63) is 18.2 Å². The van der Waals surface area contributed by atoms with Crippen LogP contribution in [0.15, 0.2) is 18.2 Å². The molecule has 4 aromatic rings. The highest BCUT2D eigenvalue weighted by atomic mass is 15.5. The lowest BCUT2D eigenvalue weighted by atomic mass is 10.0. The van der Waals surface area contributed by atoms with E-state index in [9.17, 15) is 0 Å². The van der Waals surface area contributed by atoms with Gasteiger partial charge in [0.15, 0.2) is 0 Å². The molecule has 0 spiro atoms. The van der Waals surface area contributed by atoms with Crippen LogP contribution in [0, 0.1) is 0 Å². The van der Waals surface area contributed by atoms with Crippen LogP contribution in [0.1, 0.15) is 0 Å². The van der Waals surface area contributed by atoms with Crippen molar-refractivity contribution in [3.8, 4) is 34.2 Å². The third-order valence-corrected chi connectivity index (χ3v) is 2.66. The molecule has 12 heteroatoms. The second kappa shape index (κ2) is 4.52. The van der Waals surface area contributed by atoms with Crippen LogP contribution >= 0.6 is 0 Å². The first-order chi connectivity index (χ1) is 10.4. The lowest BCUT2D eigenvalue weighted by Crippen LogP contribution is -1.92. The van der Waals surface area contributed by atoms with Crippen molar-refractivity contribution in [3.63, 3.8) is 0 Å². The van der Waals surface area contributed by atoms with E-state index in [1.807, 2.05) is 0 Å². The van der Waals surface area contributed by atoms with E-state index in [4.69, 9.17) is 0 Å². The fourth-order valence-electron chi connectivity index (χ4n) is 1.80. The van der Waals surface area contributed by atoms with E-state index in [-0.39, 0.29) is 0 Å². The minimum Gasteiger partial charge on any atom is -0.330 e. The van der Waals surface area contributed by atoms with Gasteiger partial charge in [-0.2, -0.15) is 15.6 Å². The smallest absolute Gasteiger partial charge is 0.0397 e. The molecule has 12 nitrogen and oxygen atoms in total. The van der Waals surface area contributed by atoms with Gasteiger partial charge in [0.05, 0.1) is 0 Å². The van der Waals surface area contributed by atoms with Crippen molar-refractivity contribution in [2.24, 2.45) is 0 Å². The van der Waals surface area contributed by atoms with Crippen LogP contribution in [-0.2, 0) is 0 Å². The van der Waals surface area contributed by atoms with Gasteiger partial charge in [0.25, 0.3) is 0 Å². The zero-order valence-corrected chi connectivity index (χ0v) is 10.1. The van der Waals surface area contributed by atoms with Crippen molar-refractivity contribution in [2.45, 2.75) is 0 Å². The van der Waals surface area contributed by atoms with Gasteiger partial charge < -0.3 is 15.3 Å². The lowest BCUT2D eigenvalue weighted by Gasteiger charge is -2.09. The summed E-state index contributed by atoms with van der Waals surface area (Å²) in [6.07, 6.45) is 0. The summed E-state index contributed by atoms with van der Waals surface area (Å²) in [5.74, 6) is 1.08. The minimum absolute atomic E-state index is 0.359. The fourth-order valence-corrected chi connectivity index (χ4v) is 1.80. The molecular formula is C9H3N12-3. The van der Waals surface area contributed by atoms with Gasteiger partial charge in [-0.1, -0.05) is 0 Å². The third kappa shape index (κ3) is 1.99. The van der Waals surface area contributed by atoms with Crippen molar-refractivity contribution in [1.82, 2.24) is 61.9 Å². The molecule has 4 rings (SSSR count). The van der Waals surface area contributed by atoms with Gasteiger partial charge in [0.2, 0.25) is 0 Å². The van der Waals surface area contributed by atoms with Gasteiger partial charge in [0.1, 0.15) is 0 Å². The van der Waals surface area contributed by atoms with Crippen LogP contribution in [0.4, 0.5) is 0 Å². The summed E-state index contributed by atoms with van der Waals surface area (Å²) in [5, 5.41) is 43.7. The molecule has 0 unspecified atom stereocenters. The Morgan fingerprint density at radius 3 is 1.10 bits per heavy atom. The van der Waals surface area contributed by atoms with Crippen LogP contribution < -0.4 is 15.3 Å². The number of tetrazole rings is 3. The molecule has 0 aliphatic carbocycles. The summed E-state index contributed by atoms with van der Waals surface area (Å²) in [5.41, 5.74) is 1.96. The van der Waals surface area contributed by atoms with E-state index in [0.717, 1.165) is 0 Å². The normalized spacial score (nSPS) is 10.9. The largest absolute Gasteiger partial charge is 0.330 e. The molecule has 0 saturated carbocycles. The molecule has 3 heterocycles. The lowest BCUT2D eigenvalue weighted by molar-refractivity contribution is 0.871. The molecule has 0 saturated heterocycles. The maximum absolute atomic E-state index is 3.82. The van der Waals surface area contributed by atoms with E-state index >= 15 is 0 Å². The number of hydrogen-bond acceptors (Lipinski definition) is 9. The maximum atomic E-state index is 3.82. The van der Waals surface area contributed by atoms with Gasteiger partial charge in [-0.05, 0) is 34.9 Å². The monoisotopic (exact) mass is 279 g/mol. The molecule has 0 bridgehead atoms. The van der Waals surface area contributed by atoms with Crippen LogP contribution in [0.2, 0.25) is 0 Å². The van der Waals surface area contributed by atoms with Crippen molar-refractivity contribution >= 4 is 0 Å². The molecule has 102 valence electrons. The van der Waals surface area contributed by atoms with Gasteiger partial charge >= 0.3 is 0 Å². The molecule has 0 fully saturated rings. The Kier molecular flexibility index (Phi) is 2.42. The topological polar surface area (TPSA) is 158 Å². The summed E-state index contributed by atoms with van der Waals surface area (Å²) in [4.78, 5) is 0. The third-order valence-electron chi connectivity index (χ3n) is 2.66. The summed E-state index contributed by atoms with van der Waals surface area (Å²) in [7, 11) is 0. The molecule has 0 radical (unpaired) electrons. The molecule has 0 amide bonds. The number of nitrogens with zero attached hydrogens (tertiary/aromatic N) is 12. The van der Waals surface area contributed by atoms with Gasteiger partial charge in [-0.3, -0.25) is 30.9 Å². The maximum Gasteiger partial charge on any atom is 0.0397 e. The Balaban J connectivity index is 1.92. The predicted octanol–water partition coefficient (Wildman–Crippen LogP) is -1.89. The van der Waals surface area contributed by atoms with Crippen LogP contribution in [0.5, 0.6) is 0 Å². The Morgan fingerprint density at radius 1 is 0.524 bits per heavy atom. The number of rotatable bonds is 3. The Hall–Kier alpha value is -3.57. The zero-order valence-electron chi connectivity index (χ0n) is 10.1. The Labute approximate surface area is 115 Å². The SMILES string of the molecule is c1c(-c2nnn[n-]2)cc(-c2nnn[n-]2)cc1-c1nnn[n-]1. The van der Waals surface area contributed by atoms with Crippen LogP contribution in [0.3, 0.4) is 0 Å². The number of benzene rings is 1. The van der Waals surface area contributed by atoms with Gasteiger partial charge in [-0.25, -0.2) is 0 Å². The van der Waals surface area contributed by atoms with Crippen molar-refractivity contribution < 1.29 is 0 Å². The minimum atomic E-state index is 0.359. The first kappa shape index (κ1) is 11.3. The molecule has 0 aliphatic heterocycles. The van der Waals surface area contributed by atoms with Gasteiger partial charge in [-0.15, -0.1) is 0 Å². The molecule has 0 N–H and O–H groups in total. The molecule has 0 atom stereocenters. The van der Waals surface area contributed by atoms with Crippen molar-refractivity contribution in [2.75, 3.05) is 0 Å². The quantitative estimate of drug-likeness (QED) is 0.411. The molecule has 0 aliphatic rings. The number of hydrogen-bond donors (Lipinski definition) is 0. The second-order valence-corrected chi connectivity index (χ2v) is 3.91. The van der Waals surface area contributed by atoms with E-state index in [2.05, 4.69) is 61.9 Å². The molecule has 21 heavy (non-hydrogen) atoms. The highest BCUT2D eigenvalue weighted by molar-refractivity contribution is 5.74. The van der Waals surface area contributed by atoms with Crippen LogP contribution in [0.25, 0.3) is 34.2 Å². The Morgan fingerprint density at radius 2 is 0.857 bits per heavy atom. The summed E-state index contributed by atoms with van der Waals surface area (Å²) in [6, 6.07) is 5.31. The molecule has 1 aromatic carbocycles. The van der Waals surface area contributed by atoms with Gasteiger partial charge in [0, 0.05) is 17.5 Å². The van der Waals surface area contributed by atoms with E-state index in [0.29, 0.717) is 34.2 Å². The molecule has 3 aromatic heterocycles. The summed E-state index contributed by atoms with van der Waals surface area (Å²) >= 11 is 0. The first-order valence-electron chi connectivity index (χ1n) is 5.62. The van der Waals surface area contributed by atoms with Crippen molar-refractivity contribution in [1.29, 1.82) is 0 Å². The van der Waals surface area contributed by atoms with E-state index < -0.39 is 0 Å². The van der Waals surface area contributed by atoms with E-state index in [1.54, 1.807) is 18.2 Å². The summed E-state index contributed by atoms with van der Waals surface area (Å²) < 4.78 is 0. The highest BCUT2D eigenvalue weighted by Crippen LogP contribution is 2.27. The predicted molar refractivity (Wildman–Crippen MR) is 62.9 cm³/mol. The highest BCUT2D eigenvalue weighted by Gasteiger charge is 2.05. The number of aromatic nitrogens is 12. The zero-order chi connectivity index (χ0) is 14.1. The second-order valence-electron chi connectivity index (χ2n) is 3.91. The fraction of sp³-hybridized carbons (Fsp3) is 0. The Bertz CT molecular complexity index is 704. The van der Waals surface area contributed by atoms with E-state index in [1.165, 1.54) is 0 Å². The molecular weight excluding hydrogens is 276 g/mol. The average molecular weight is 279 g/mol. The average Bonchev–Trinajstić information content (AvgIpc) is 3.29. The summed E-state index contributed by atoms with van der Waals surface area (Å²) in [6.45, 7) is 0. The van der Waals surface area contributed by atoms with Crippen LogP contribution in [-0.4, -0.2) is 46.6 Å². The first-order valence-corrected chi connectivity index (χ1v) is 5.62. The standard InChI is InChI=1S/C9H3N12/c1-4(7-10-16-17-11-7)2-6(9-14-20-21-15-9)3-5(1)8-12-18-19-13-8/h1-3H/q-3.